The van der Waals surface area contributed by atoms with Gasteiger partial charge in [0.2, 0.25) is 0 Å². The Morgan fingerprint density at radius 1 is 1.41 bits per heavy atom. The number of hydrogen-bond donors (Lipinski definition) is 0. The van der Waals surface area contributed by atoms with Crippen molar-refractivity contribution in [1.29, 1.82) is 0 Å². The van der Waals surface area contributed by atoms with Gasteiger partial charge in [-0.2, -0.15) is 0 Å². The van der Waals surface area contributed by atoms with E-state index < -0.39 is 0 Å². The molecule has 1 aliphatic rings. The Bertz CT molecular complexity index is 436. The fourth-order valence-corrected chi connectivity index (χ4v) is 2.08. The minimum absolute atomic E-state index is 0.230. The third kappa shape index (κ3) is 2.96. The molecule has 0 fully saturated rings. The molecule has 0 aromatic rings. The highest BCUT2D eigenvalue weighted by Crippen LogP contribution is 2.29. The van der Waals surface area contributed by atoms with Crippen LogP contribution >= 0.6 is 0 Å². The summed E-state index contributed by atoms with van der Waals surface area (Å²) in [6.45, 7) is 9.52. The van der Waals surface area contributed by atoms with Crippen LogP contribution in [0.3, 0.4) is 0 Å². The molecule has 0 radical (unpaired) electrons. The summed E-state index contributed by atoms with van der Waals surface area (Å²) in [7, 11) is 1.93. The molecule has 0 aromatic carbocycles. The molecule has 0 bridgehead atoms. The second-order valence-electron chi connectivity index (χ2n) is 4.29. The van der Waals surface area contributed by atoms with Crippen LogP contribution in [0.25, 0.3) is 0 Å². The van der Waals surface area contributed by atoms with Crippen molar-refractivity contribution < 1.29 is 4.39 Å². The highest BCUT2D eigenvalue weighted by molar-refractivity contribution is 5.47. The van der Waals surface area contributed by atoms with Crippen LogP contribution in [-0.4, -0.2) is 11.9 Å². The van der Waals surface area contributed by atoms with Gasteiger partial charge in [0, 0.05) is 23.9 Å². The third-order valence-electron chi connectivity index (χ3n) is 2.84. The monoisotopic (exact) mass is 233 g/mol. The molecular formula is C15H20FN. The summed E-state index contributed by atoms with van der Waals surface area (Å²) in [5, 5.41) is 0. The van der Waals surface area contributed by atoms with Gasteiger partial charge in [-0.15, -0.1) is 0 Å². The van der Waals surface area contributed by atoms with Crippen molar-refractivity contribution in [3.8, 4) is 0 Å². The van der Waals surface area contributed by atoms with E-state index in [1.165, 1.54) is 0 Å². The number of likely N-dealkylation sites (N-methyl/N-ethyl adjacent to an activating group) is 1. The molecule has 1 rings (SSSR count). The van der Waals surface area contributed by atoms with Gasteiger partial charge in [-0.1, -0.05) is 24.8 Å². The van der Waals surface area contributed by atoms with Crippen molar-refractivity contribution >= 4 is 0 Å². The summed E-state index contributed by atoms with van der Waals surface area (Å²) < 4.78 is 14.1. The molecule has 0 saturated carbocycles. The fraction of sp³-hybridized carbons (Fsp3) is 0.333. The lowest BCUT2D eigenvalue weighted by Gasteiger charge is -2.24. The Labute approximate surface area is 103 Å². The first-order chi connectivity index (χ1) is 7.99. The molecule has 0 N–H and O–H groups in total. The molecule has 0 saturated heterocycles. The Morgan fingerprint density at radius 2 is 2.06 bits per heavy atom. The predicted molar refractivity (Wildman–Crippen MR) is 72.0 cm³/mol. The van der Waals surface area contributed by atoms with Crippen LogP contribution < -0.4 is 0 Å². The van der Waals surface area contributed by atoms with Gasteiger partial charge in [0.05, 0.1) is 0 Å². The van der Waals surface area contributed by atoms with Crippen LogP contribution in [0.2, 0.25) is 0 Å². The van der Waals surface area contributed by atoms with Crippen molar-refractivity contribution in [2.75, 3.05) is 7.05 Å². The van der Waals surface area contributed by atoms with Crippen LogP contribution in [0.15, 0.2) is 59.3 Å². The van der Waals surface area contributed by atoms with Gasteiger partial charge < -0.3 is 4.90 Å². The van der Waals surface area contributed by atoms with Gasteiger partial charge >= 0.3 is 0 Å². The summed E-state index contributed by atoms with van der Waals surface area (Å²) >= 11 is 0. The molecule has 0 unspecified atom stereocenters. The molecule has 0 aliphatic heterocycles. The zero-order valence-electron chi connectivity index (χ0n) is 11.0. The van der Waals surface area contributed by atoms with Crippen molar-refractivity contribution in [1.82, 2.24) is 4.90 Å². The van der Waals surface area contributed by atoms with Crippen molar-refractivity contribution in [2.45, 2.75) is 27.2 Å². The lowest BCUT2D eigenvalue weighted by Crippen LogP contribution is -2.14. The van der Waals surface area contributed by atoms with Gasteiger partial charge in [-0.25, -0.2) is 4.39 Å². The molecule has 17 heavy (non-hydrogen) atoms. The maximum Gasteiger partial charge on any atom is 0.134 e. The van der Waals surface area contributed by atoms with Crippen LogP contribution in [-0.2, 0) is 0 Å². The minimum atomic E-state index is -0.230. The van der Waals surface area contributed by atoms with E-state index in [2.05, 4.69) is 6.58 Å². The van der Waals surface area contributed by atoms with Gasteiger partial charge in [0.25, 0.3) is 0 Å². The predicted octanol–water partition coefficient (Wildman–Crippen LogP) is 4.49. The first kappa shape index (κ1) is 13.5. The van der Waals surface area contributed by atoms with Gasteiger partial charge in [-0.05, 0) is 39.0 Å². The third-order valence-corrected chi connectivity index (χ3v) is 2.84. The zero-order valence-corrected chi connectivity index (χ0v) is 11.0. The van der Waals surface area contributed by atoms with Crippen LogP contribution in [0, 0.1) is 0 Å². The molecule has 0 spiro atoms. The van der Waals surface area contributed by atoms with Gasteiger partial charge in [-0.3, -0.25) is 0 Å². The van der Waals surface area contributed by atoms with E-state index in [-0.39, 0.29) is 5.83 Å². The summed E-state index contributed by atoms with van der Waals surface area (Å²) in [5.41, 5.74) is 3.19. The largest absolute Gasteiger partial charge is 0.351 e. The molecule has 2 heteroatoms. The zero-order chi connectivity index (χ0) is 13.0. The maximum atomic E-state index is 14.1. The molecular weight excluding hydrogens is 213 g/mol. The number of nitrogens with zero attached hydrogens (tertiary/aromatic N) is 1. The summed E-state index contributed by atoms with van der Waals surface area (Å²) in [6.07, 6.45) is 8.39. The summed E-state index contributed by atoms with van der Waals surface area (Å²) in [4.78, 5) is 1.96. The van der Waals surface area contributed by atoms with Crippen molar-refractivity contribution in [2.24, 2.45) is 0 Å². The minimum Gasteiger partial charge on any atom is -0.351 e. The van der Waals surface area contributed by atoms with E-state index in [9.17, 15) is 4.39 Å². The lowest BCUT2D eigenvalue weighted by molar-refractivity contribution is 0.552. The summed E-state index contributed by atoms with van der Waals surface area (Å²) in [5.74, 6) is -0.230. The van der Waals surface area contributed by atoms with Crippen LogP contribution in [0.1, 0.15) is 27.2 Å². The molecule has 1 aliphatic carbocycles. The van der Waals surface area contributed by atoms with Crippen molar-refractivity contribution in [3.63, 3.8) is 0 Å². The number of halogens is 1. The van der Waals surface area contributed by atoms with Gasteiger partial charge in [0.15, 0.2) is 0 Å². The van der Waals surface area contributed by atoms with E-state index in [1.807, 2.05) is 44.1 Å². The van der Waals surface area contributed by atoms with E-state index in [1.54, 1.807) is 13.0 Å². The van der Waals surface area contributed by atoms with Crippen LogP contribution in [0.4, 0.5) is 4.39 Å². The second kappa shape index (κ2) is 5.67. The van der Waals surface area contributed by atoms with E-state index in [0.29, 0.717) is 11.1 Å². The average molecular weight is 233 g/mol. The molecule has 0 amide bonds. The molecule has 0 atom stereocenters. The Balaban J connectivity index is 3.34. The standard InChI is InChI=1S/C15H20FN/c1-6-10-17(5)15-12(3)9-7-8-11(2)14(16)13(15)4/h6-8,10H,2,9H2,1,3-5H3/b8-7-,10-6-,14-13?,15-12+. The highest BCUT2D eigenvalue weighted by Gasteiger charge is 2.15. The molecule has 0 aromatic heterocycles. The smallest absolute Gasteiger partial charge is 0.134 e. The molecule has 1 nitrogen and oxygen atoms in total. The summed E-state index contributed by atoms with van der Waals surface area (Å²) in [6, 6.07) is 0. The Kier molecular flexibility index (Phi) is 4.50. The first-order valence-corrected chi connectivity index (χ1v) is 5.77. The van der Waals surface area contributed by atoms with E-state index >= 15 is 0 Å². The van der Waals surface area contributed by atoms with Crippen LogP contribution in [0.5, 0.6) is 0 Å². The SMILES string of the molecule is C=C1/C=C\C/C(C)=C(/N(C)/C=C\C)C(C)=C1F. The number of hydrogen-bond acceptors (Lipinski definition) is 1. The van der Waals surface area contributed by atoms with E-state index in [4.69, 9.17) is 0 Å². The Morgan fingerprint density at radius 3 is 2.65 bits per heavy atom. The Hall–Kier alpha value is -1.57. The topological polar surface area (TPSA) is 3.24 Å². The maximum absolute atomic E-state index is 14.1. The van der Waals surface area contributed by atoms with Gasteiger partial charge in [0.1, 0.15) is 5.83 Å². The normalized spacial score (nSPS) is 23.9. The van der Waals surface area contributed by atoms with E-state index in [0.717, 1.165) is 17.7 Å². The quantitative estimate of drug-likeness (QED) is 0.679. The number of allylic oxidation sites excluding steroid dienone is 7. The lowest BCUT2D eigenvalue weighted by atomic mass is 9.99. The second-order valence-corrected chi connectivity index (χ2v) is 4.29. The average Bonchev–Trinajstić information content (AvgIpc) is 2.27. The first-order valence-electron chi connectivity index (χ1n) is 5.77. The molecule has 92 valence electrons. The van der Waals surface area contributed by atoms with Crippen molar-refractivity contribution in [3.05, 3.63) is 59.3 Å². The number of rotatable bonds is 2. The fourth-order valence-electron chi connectivity index (χ4n) is 2.08. The molecule has 0 heterocycles. The highest BCUT2D eigenvalue weighted by atomic mass is 19.1.